The highest BCUT2D eigenvalue weighted by atomic mass is 16.5. The molecule has 7 heteroatoms. The van der Waals surface area contributed by atoms with Gasteiger partial charge >= 0.3 is 5.97 Å². The van der Waals surface area contributed by atoms with E-state index >= 15 is 0 Å². The average molecular weight is 429 g/mol. The van der Waals surface area contributed by atoms with Crippen molar-refractivity contribution in [3.63, 3.8) is 0 Å². The minimum absolute atomic E-state index is 0.00452. The number of amides is 1. The smallest absolute Gasteiger partial charge is 0.341 e. The molecule has 0 aliphatic carbocycles. The number of hydrogen-bond donors (Lipinski definition) is 3. The summed E-state index contributed by atoms with van der Waals surface area (Å²) in [4.78, 5) is 24.9. The van der Waals surface area contributed by atoms with E-state index in [2.05, 4.69) is 10.6 Å². The Hall–Kier alpha value is -2.90. The molecule has 0 fully saturated rings. The summed E-state index contributed by atoms with van der Waals surface area (Å²) in [5.41, 5.74) is 2.06. The molecular formula is C24H32N2O5. The minimum atomic E-state index is -0.754. The lowest BCUT2D eigenvalue weighted by Crippen LogP contribution is -2.42. The van der Waals surface area contributed by atoms with Gasteiger partial charge in [0.15, 0.2) is 0 Å². The topological polar surface area (TPSA) is 96.9 Å². The minimum Gasteiger partial charge on any atom is -0.490 e. The molecule has 0 spiro atoms. The lowest BCUT2D eigenvalue weighted by molar-refractivity contribution is 0.0515. The molecular weight excluding hydrogens is 396 g/mol. The fraction of sp³-hybridized carbons (Fsp3) is 0.417. The number of nitrogens with one attached hydrogen (secondary N) is 2. The first-order chi connectivity index (χ1) is 14.6. The SMILES string of the molecule is CCOC(=O)c1cc(NC(=O)c2ccc(C)cc2)ccc1OCC(O)CNC(C)(C)C. The van der Waals surface area contributed by atoms with Crippen LogP contribution in [0.25, 0.3) is 0 Å². The van der Waals surface area contributed by atoms with Gasteiger partial charge in [0.2, 0.25) is 0 Å². The Morgan fingerprint density at radius 1 is 1.10 bits per heavy atom. The van der Waals surface area contributed by atoms with E-state index in [-0.39, 0.29) is 36.0 Å². The molecule has 0 radical (unpaired) electrons. The van der Waals surface area contributed by atoms with Gasteiger partial charge in [-0.25, -0.2) is 4.79 Å². The molecule has 168 valence electrons. The van der Waals surface area contributed by atoms with Gasteiger partial charge in [-0.05, 0) is 65.0 Å². The lowest BCUT2D eigenvalue weighted by atomic mass is 10.1. The van der Waals surface area contributed by atoms with Crippen molar-refractivity contribution >= 4 is 17.6 Å². The summed E-state index contributed by atoms with van der Waals surface area (Å²) in [7, 11) is 0. The van der Waals surface area contributed by atoms with E-state index in [0.717, 1.165) is 5.56 Å². The molecule has 2 aromatic rings. The third kappa shape index (κ3) is 8.03. The first-order valence-electron chi connectivity index (χ1n) is 10.3. The maximum absolute atomic E-state index is 12.5. The molecule has 1 unspecified atom stereocenters. The Balaban J connectivity index is 2.12. The quantitative estimate of drug-likeness (QED) is 0.529. The maximum Gasteiger partial charge on any atom is 0.341 e. The number of ether oxygens (including phenoxy) is 2. The first-order valence-corrected chi connectivity index (χ1v) is 10.3. The molecule has 0 saturated carbocycles. The van der Waals surface area contributed by atoms with Gasteiger partial charge in [0.05, 0.1) is 6.61 Å². The van der Waals surface area contributed by atoms with Crippen molar-refractivity contribution < 1.29 is 24.2 Å². The summed E-state index contributed by atoms with van der Waals surface area (Å²) in [6, 6.07) is 11.9. The van der Waals surface area contributed by atoms with E-state index < -0.39 is 12.1 Å². The zero-order valence-corrected chi connectivity index (χ0v) is 18.8. The number of anilines is 1. The van der Waals surface area contributed by atoms with Crippen molar-refractivity contribution in [2.75, 3.05) is 25.1 Å². The maximum atomic E-state index is 12.5. The number of β-amino-alcohol motifs (C(OH)–C–C–N with tert-alkyl or cyclic N) is 1. The standard InChI is InChI=1S/C24H32N2O5/c1-6-30-23(29)20-13-18(26-22(28)17-9-7-16(2)8-10-17)11-12-21(20)31-15-19(27)14-25-24(3,4)5/h7-13,19,25,27H,6,14-15H2,1-5H3,(H,26,28). The summed E-state index contributed by atoms with van der Waals surface area (Å²) in [6.07, 6.45) is -0.754. The first kappa shape index (κ1) is 24.4. The van der Waals surface area contributed by atoms with Crippen LogP contribution in [0.2, 0.25) is 0 Å². The second-order valence-electron chi connectivity index (χ2n) is 8.35. The molecule has 2 rings (SSSR count). The van der Waals surface area contributed by atoms with Crippen molar-refractivity contribution in [3.05, 3.63) is 59.2 Å². The van der Waals surface area contributed by atoms with Crippen LogP contribution in [-0.2, 0) is 4.74 Å². The summed E-state index contributed by atoms with van der Waals surface area (Å²) in [5, 5.41) is 16.1. The van der Waals surface area contributed by atoms with Crippen molar-refractivity contribution in [1.29, 1.82) is 0 Å². The fourth-order valence-electron chi connectivity index (χ4n) is 2.68. The number of hydrogen-bond acceptors (Lipinski definition) is 6. The number of esters is 1. The fourth-order valence-corrected chi connectivity index (χ4v) is 2.68. The van der Waals surface area contributed by atoms with Crippen LogP contribution >= 0.6 is 0 Å². The van der Waals surface area contributed by atoms with Crippen molar-refractivity contribution in [3.8, 4) is 5.75 Å². The zero-order chi connectivity index (χ0) is 23.0. The Bertz CT molecular complexity index is 888. The van der Waals surface area contributed by atoms with Crippen LogP contribution in [0, 0.1) is 6.92 Å². The van der Waals surface area contributed by atoms with Gasteiger partial charge in [-0.1, -0.05) is 17.7 Å². The molecule has 7 nitrogen and oxygen atoms in total. The third-order valence-electron chi connectivity index (χ3n) is 4.35. The number of benzene rings is 2. The van der Waals surface area contributed by atoms with Crippen LogP contribution in [0.15, 0.2) is 42.5 Å². The number of aliphatic hydroxyl groups is 1. The van der Waals surface area contributed by atoms with Crippen molar-refractivity contribution in [2.24, 2.45) is 0 Å². The molecule has 31 heavy (non-hydrogen) atoms. The second-order valence-corrected chi connectivity index (χ2v) is 8.35. The van der Waals surface area contributed by atoms with Crippen LogP contribution in [0.3, 0.4) is 0 Å². The van der Waals surface area contributed by atoms with Gasteiger partial charge in [0.1, 0.15) is 24.0 Å². The number of aryl methyl sites for hydroxylation is 1. The molecule has 0 aromatic heterocycles. The Morgan fingerprint density at radius 3 is 2.39 bits per heavy atom. The van der Waals surface area contributed by atoms with E-state index in [4.69, 9.17) is 9.47 Å². The van der Waals surface area contributed by atoms with Gasteiger partial charge in [-0.3, -0.25) is 4.79 Å². The number of carbonyl (C=O) groups is 2. The molecule has 1 amide bonds. The van der Waals surface area contributed by atoms with Gasteiger partial charge < -0.3 is 25.2 Å². The van der Waals surface area contributed by atoms with Crippen LogP contribution < -0.4 is 15.4 Å². The third-order valence-corrected chi connectivity index (χ3v) is 4.35. The highest BCUT2D eigenvalue weighted by Crippen LogP contribution is 2.25. The van der Waals surface area contributed by atoms with Gasteiger partial charge in [-0.15, -0.1) is 0 Å². The normalized spacial score (nSPS) is 12.2. The van der Waals surface area contributed by atoms with Crippen molar-refractivity contribution in [2.45, 2.75) is 46.3 Å². The monoisotopic (exact) mass is 428 g/mol. The number of carbonyl (C=O) groups excluding carboxylic acids is 2. The zero-order valence-electron chi connectivity index (χ0n) is 18.8. The highest BCUT2D eigenvalue weighted by Gasteiger charge is 2.18. The summed E-state index contributed by atoms with van der Waals surface area (Å²) >= 11 is 0. The molecule has 0 saturated heterocycles. The van der Waals surface area contributed by atoms with Crippen LogP contribution in [-0.4, -0.2) is 48.4 Å². The average Bonchev–Trinajstić information content (AvgIpc) is 2.71. The predicted octanol–water partition coefficient (Wildman–Crippen LogP) is 3.55. The lowest BCUT2D eigenvalue weighted by Gasteiger charge is -2.23. The summed E-state index contributed by atoms with van der Waals surface area (Å²) < 4.78 is 10.8. The molecule has 2 aromatic carbocycles. The Labute approximate surface area is 183 Å². The largest absolute Gasteiger partial charge is 0.490 e. The van der Waals surface area contributed by atoms with E-state index in [1.165, 1.54) is 6.07 Å². The second kappa shape index (κ2) is 10.9. The summed E-state index contributed by atoms with van der Waals surface area (Å²) in [6.45, 7) is 10.2. The molecule has 1 atom stereocenters. The van der Waals surface area contributed by atoms with Crippen molar-refractivity contribution in [1.82, 2.24) is 5.32 Å². The molecule has 3 N–H and O–H groups in total. The Morgan fingerprint density at radius 2 is 1.77 bits per heavy atom. The molecule has 0 aliphatic rings. The van der Waals surface area contributed by atoms with Gasteiger partial charge in [-0.2, -0.15) is 0 Å². The van der Waals surface area contributed by atoms with Crippen LogP contribution in [0.4, 0.5) is 5.69 Å². The molecule has 0 bridgehead atoms. The number of aliphatic hydroxyl groups excluding tert-OH is 1. The van der Waals surface area contributed by atoms with E-state index in [0.29, 0.717) is 17.8 Å². The Kier molecular flexibility index (Phi) is 8.59. The van der Waals surface area contributed by atoms with E-state index in [1.54, 1.807) is 31.2 Å². The van der Waals surface area contributed by atoms with Gasteiger partial charge in [0, 0.05) is 23.3 Å². The van der Waals surface area contributed by atoms with Crippen LogP contribution in [0.1, 0.15) is 54.0 Å². The molecule has 0 aliphatic heterocycles. The highest BCUT2D eigenvalue weighted by molar-refractivity contribution is 6.05. The number of rotatable bonds is 9. The van der Waals surface area contributed by atoms with Crippen LogP contribution in [0.5, 0.6) is 5.75 Å². The van der Waals surface area contributed by atoms with E-state index in [9.17, 15) is 14.7 Å². The van der Waals surface area contributed by atoms with E-state index in [1.807, 2.05) is 39.8 Å². The molecule has 0 heterocycles. The predicted molar refractivity (Wildman–Crippen MR) is 121 cm³/mol. The van der Waals surface area contributed by atoms with Gasteiger partial charge in [0.25, 0.3) is 5.91 Å². The summed E-state index contributed by atoms with van der Waals surface area (Å²) in [5.74, 6) is -0.569.